The van der Waals surface area contributed by atoms with E-state index in [1.165, 1.54) is 19.3 Å². The Kier molecular flexibility index (Phi) is 12.5. The number of hydrogen-bond donors (Lipinski definition) is 1. The van der Waals surface area contributed by atoms with Gasteiger partial charge in [-0.15, -0.1) is 12.4 Å². The van der Waals surface area contributed by atoms with Crippen LogP contribution in [0.4, 0.5) is 5.69 Å². The van der Waals surface area contributed by atoms with Crippen LogP contribution in [-0.4, -0.2) is 37.0 Å². The Bertz CT molecular complexity index is 437. The molecule has 132 valence electrons. The Morgan fingerprint density at radius 1 is 1.13 bits per heavy atom. The number of carbonyl (C=O) groups excluding carboxylic acids is 1. The van der Waals surface area contributed by atoms with Crippen molar-refractivity contribution >= 4 is 24.0 Å². The zero-order chi connectivity index (χ0) is 16.2. The van der Waals surface area contributed by atoms with E-state index in [2.05, 4.69) is 31.0 Å². The van der Waals surface area contributed by atoms with E-state index in [0.717, 1.165) is 37.6 Å². The molecule has 0 spiro atoms. The minimum Gasteiger partial charge on any atom is -0.494 e. The van der Waals surface area contributed by atoms with E-state index in [1.807, 2.05) is 24.3 Å². The first kappa shape index (κ1) is 21.7. The average molecular weight is 343 g/mol. The van der Waals surface area contributed by atoms with Crippen LogP contribution >= 0.6 is 12.4 Å². The quantitative estimate of drug-likeness (QED) is 0.608. The molecule has 1 rings (SSSR count). The topological polar surface area (TPSA) is 41.6 Å². The van der Waals surface area contributed by atoms with Gasteiger partial charge in [-0.05, 0) is 31.6 Å². The van der Waals surface area contributed by atoms with Gasteiger partial charge >= 0.3 is 0 Å². The molecule has 0 bridgehead atoms. The standard InChI is InChI=1S/C18H30N2O2.ClH/c1-4-7-8-9-13-22-17-12-10-11-16(14-17)19-18(21)15-20(5-2)6-3;/h10-12,14H,4-9,13,15H2,1-3H3,(H,19,21);1H. The monoisotopic (exact) mass is 342 g/mol. The molecule has 4 nitrogen and oxygen atoms in total. The minimum absolute atomic E-state index is 0. The molecule has 0 aliphatic heterocycles. The summed E-state index contributed by atoms with van der Waals surface area (Å²) in [5.74, 6) is 0.834. The fourth-order valence-corrected chi connectivity index (χ4v) is 2.23. The first-order valence-electron chi connectivity index (χ1n) is 8.44. The average Bonchev–Trinajstić information content (AvgIpc) is 2.52. The number of ether oxygens (including phenoxy) is 1. The van der Waals surface area contributed by atoms with E-state index in [-0.39, 0.29) is 18.3 Å². The van der Waals surface area contributed by atoms with Crippen molar-refractivity contribution in [2.75, 3.05) is 31.6 Å². The fourth-order valence-electron chi connectivity index (χ4n) is 2.23. The van der Waals surface area contributed by atoms with Gasteiger partial charge in [-0.2, -0.15) is 0 Å². The van der Waals surface area contributed by atoms with Crippen LogP contribution in [0.3, 0.4) is 0 Å². The molecule has 0 aliphatic rings. The SMILES string of the molecule is CCCCCCOc1cccc(NC(=O)CN(CC)CC)c1.Cl. The number of amides is 1. The number of anilines is 1. The maximum absolute atomic E-state index is 12.0. The van der Waals surface area contributed by atoms with E-state index in [4.69, 9.17) is 4.74 Å². The summed E-state index contributed by atoms with van der Waals surface area (Å²) < 4.78 is 5.74. The van der Waals surface area contributed by atoms with Gasteiger partial charge < -0.3 is 10.1 Å². The van der Waals surface area contributed by atoms with Gasteiger partial charge in [0, 0.05) is 11.8 Å². The summed E-state index contributed by atoms with van der Waals surface area (Å²) in [7, 11) is 0. The third-order valence-corrected chi connectivity index (χ3v) is 3.65. The summed E-state index contributed by atoms with van der Waals surface area (Å²) in [4.78, 5) is 14.1. The lowest BCUT2D eigenvalue weighted by Crippen LogP contribution is -2.32. The third kappa shape index (κ3) is 9.47. The summed E-state index contributed by atoms with van der Waals surface area (Å²) in [5, 5.41) is 2.93. The van der Waals surface area contributed by atoms with Gasteiger partial charge in [-0.1, -0.05) is 46.1 Å². The molecular weight excluding hydrogens is 312 g/mol. The van der Waals surface area contributed by atoms with Gasteiger partial charge in [0.05, 0.1) is 13.2 Å². The molecule has 0 unspecified atom stereocenters. The molecule has 0 aromatic heterocycles. The van der Waals surface area contributed by atoms with Crippen molar-refractivity contribution in [2.45, 2.75) is 46.5 Å². The van der Waals surface area contributed by atoms with Crippen LogP contribution in [0.5, 0.6) is 5.75 Å². The molecule has 0 radical (unpaired) electrons. The molecular formula is C18H31ClN2O2. The summed E-state index contributed by atoms with van der Waals surface area (Å²) in [6.07, 6.45) is 4.77. The van der Waals surface area contributed by atoms with E-state index in [9.17, 15) is 4.79 Å². The number of likely N-dealkylation sites (N-methyl/N-ethyl adjacent to an activating group) is 1. The number of hydrogen-bond acceptors (Lipinski definition) is 3. The third-order valence-electron chi connectivity index (χ3n) is 3.65. The van der Waals surface area contributed by atoms with E-state index in [1.54, 1.807) is 0 Å². The number of unbranched alkanes of at least 4 members (excludes halogenated alkanes) is 3. The fraction of sp³-hybridized carbons (Fsp3) is 0.611. The summed E-state index contributed by atoms with van der Waals surface area (Å²) >= 11 is 0. The second-order valence-electron chi connectivity index (χ2n) is 5.45. The van der Waals surface area contributed by atoms with Gasteiger partial charge in [0.2, 0.25) is 5.91 Å². The predicted molar refractivity (Wildman–Crippen MR) is 99.7 cm³/mol. The lowest BCUT2D eigenvalue weighted by atomic mass is 10.2. The Labute approximate surface area is 147 Å². The molecule has 1 N–H and O–H groups in total. The van der Waals surface area contributed by atoms with Crippen molar-refractivity contribution in [1.82, 2.24) is 4.90 Å². The summed E-state index contributed by atoms with van der Waals surface area (Å²) in [5.41, 5.74) is 0.795. The van der Waals surface area contributed by atoms with Gasteiger partial charge in [-0.25, -0.2) is 0 Å². The Hall–Kier alpha value is -1.26. The number of nitrogens with one attached hydrogen (secondary N) is 1. The van der Waals surface area contributed by atoms with Crippen LogP contribution < -0.4 is 10.1 Å². The molecule has 0 saturated carbocycles. The molecule has 1 amide bonds. The highest BCUT2D eigenvalue weighted by atomic mass is 35.5. The van der Waals surface area contributed by atoms with Crippen molar-refractivity contribution in [3.63, 3.8) is 0 Å². The van der Waals surface area contributed by atoms with Gasteiger partial charge in [0.15, 0.2) is 0 Å². The van der Waals surface area contributed by atoms with E-state index < -0.39 is 0 Å². The summed E-state index contributed by atoms with van der Waals surface area (Å²) in [6, 6.07) is 7.62. The number of rotatable bonds is 11. The molecule has 1 aromatic rings. The van der Waals surface area contributed by atoms with E-state index >= 15 is 0 Å². The lowest BCUT2D eigenvalue weighted by molar-refractivity contribution is -0.117. The molecule has 0 saturated heterocycles. The van der Waals surface area contributed by atoms with Gasteiger partial charge in [0.1, 0.15) is 5.75 Å². The minimum atomic E-state index is 0. The zero-order valence-electron chi connectivity index (χ0n) is 14.6. The molecule has 1 aromatic carbocycles. The van der Waals surface area contributed by atoms with Crippen LogP contribution in [0.25, 0.3) is 0 Å². The van der Waals surface area contributed by atoms with E-state index in [0.29, 0.717) is 6.54 Å². The molecule has 0 fully saturated rings. The molecule has 0 aliphatic carbocycles. The Balaban J connectivity index is 0.00000484. The van der Waals surface area contributed by atoms with Crippen LogP contribution in [-0.2, 0) is 4.79 Å². The van der Waals surface area contributed by atoms with Crippen molar-refractivity contribution < 1.29 is 9.53 Å². The maximum Gasteiger partial charge on any atom is 0.238 e. The second kappa shape index (κ2) is 13.2. The maximum atomic E-state index is 12.0. The molecule has 0 heterocycles. The van der Waals surface area contributed by atoms with Crippen molar-refractivity contribution in [1.29, 1.82) is 0 Å². The number of benzene rings is 1. The smallest absolute Gasteiger partial charge is 0.238 e. The van der Waals surface area contributed by atoms with Crippen LogP contribution in [0, 0.1) is 0 Å². The van der Waals surface area contributed by atoms with Crippen molar-refractivity contribution in [2.24, 2.45) is 0 Å². The van der Waals surface area contributed by atoms with Crippen LogP contribution in [0.1, 0.15) is 46.5 Å². The highest BCUT2D eigenvalue weighted by Gasteiger charge is 2.07. The highest BCUT2D eigenvalue weighted by molar-refractivity contribution is 5.92. The second-order valence-corrected chi connectivity index (χ2v) is 5.45. The number of carbonyl (C=O) groups is 1. The zero-order valence-corrected chi connectivity index (χ0v) is 15.5. The van der Waals surface area contributed by atoms with Crippen LogP contribution in [0.15, 0.2) is 24.3 Å². The summed E-state index contributed by atoms with van der Waals surface area (Å²) in [6.45, 7) is 9.24. The van der Waals surface area contributed by atoms with Gasteiger partial charge in [0.25, 0.3) is 0 Å². The van der Waals surface area contributed by atoms with Crippen molar-refractivity contribution in [3.05, 3.63) is 24.3 Å². The number of nitrogens with zero attached hydrogens (tertiary/aromatic N) is 1. The predicted octanol–water partition coefficient (Wildman–Crippen LogP) is 4.35. The normalized spacial score (nSPS) is 10.3. The first-order chi connectivity index (χ1) is 10.7. The van der Waals surface area contributed by atoms with Gasteiger partial charge in [-0.3, -0.25) is 9.69 Å². The molecule has 23 heavy (non-hydrogen) atoms. The van der Waals surface area contributed by atoms with Crippen molar-refractivity contribution in [3.8, 4) is 5.75 Å². The Morgan fingerprint density at radius 3 is 2.52 bits per heavy atom. The number of halogens is 1. The molecule has 5 heteroatoms. The molecule has 0 atom stereocenters. The largest absolute Gasteiger partial charge is 0.494 e. The first-order valence-corrected chi connectivity index (χ1v) is 8.44. The Morgan fingerprint density at radius 2 is 1.87 bits per heavy atom. The lowest BCUT2D eigenvalue weighted by Gasteiger charge is -2.17. The highest BCUT2D eigenvalue weighted by Crippen LogP contribution is 2.17. The van der Waals surface area contributed by atoms with Crippen LogP contribution in [0.2, 0.25) is 0 Å².